The standard InChI is InChI=1S/C22H26N4O2S2/c23-8-7-15-3-1-9-26(12-15)19-11-16(13-27)5-6-17(19)24-21(28)18-14-30-22(25-18)20-4-2-10-29-20/h2,4-6,10-11,14-15,27H,1,3,7-9,12-13,23H2,(H,24,28). The van der Waals surface area contributed by atoms with Crippen LogP contribution in [0.3, 0.4) is 0 Å². The highest BCUT2D eigenvalue weighted by molar-refractivity contribution is 7.20. The van der Waals surface area contributed by atoms with Crippen molar-refractivity contribution in [1.29, 1.82) is 0 Å². The monoisotopic (exact) mass is 442 g/mol. The summed E-state index contributed by atoms with van der Waals surface area (Å²) in [4.78, 5) is 20.8. The van der Waals surface area contributed by atoms with Gasteiger partial charge in [-0.1, -0.05) is 12.1 Å². The molecule has 158 valence electrons. The number of nitrogens with zero attached hydrogens (tertiary/aromatic N) is 2. The number of thiophene rings is 1. The molecule has 0 spiro atoms. The first-order chi connectivity index (χ1) is 14.7. The van der Waals surface area contributed by atoms with Crippen molar-refractivity contribution in [2.75, 3.05) is 29.9 Å². The lowest BCUT2D eigenvalue weighted by atomic mass is 9.94. The Bertz CT molecular complexity index is 985. The Morgan fingerprint density at radius 1 is 1.33 bits per heavy atom. The normalized spacial score (nSPS) is 16.6. The largest absolute Gasteiger partial charge is 0.392 e. The number of aliphatic hydroxyl groups excluding tert-OH is 1. The summed E-state index contributed by atoms with van der Waals surface area (Å²) in [7, 11) is 0. The lowest BCUT2D eigenvalue weighted by Gasteiger charge is -2.35. The molecule has 1 aliphatic heterocycles. The van der Waals surface area contributed by atoms with E-state index < -0.39 is 0 Å². The second-order valence-corrected chi connectivity index (χ2v) is 9.32. The van der Waals surface area contributed by atoms with Crippen molar-refractivity contribution in [3.05, 3.63) is 52.3 Å². The number of anilines is 2. The average molecular weight is 443 g/mol. The Kier molecular flexibility index (Phi) is 6.79. The summed E-state index contributed by atoms with van der Waals surface area (Å²) in [5, 5.41) is 17.3. The van der Waals surface area contributed by atoms with Crippen LogP contribution in [-0.4, -0.2) is 35.6 Å². The predicted molar refractivity (Wildman–Crippen MR) is 124 cm³/mol. The van der Waals surface area contributed by atoms with Crippen LogP contribution in [0.4, 0.5) is 11.4 Å². The average Bonchev–Trinajstić information content (AvgIpc) is 3.46. The van der Waals surface area contributed by atoms with Gasteiger partial charge in [0, 0.05) is 18.5 Å². The van der Waals surface area contributed by atoms with Gasteiger partial charge >= 0.3 is 0 Å². The zero-order valence-corrected chi connectivity index (χ0v) is 18.3. The van der Waals surface area contributed by atoms with Crippen LogP contribution < -0.4 is 16.0 Å². The summed E-state index contributed by atoms with van der Waals surface area (Å²) in [5.41, 5.74) is 8.72. The fourth-order valence-electron chi connectivity index (χ4n) is 3.88. The van der Waals surface area contributed by atoms with Crippen LogP contribution in [0.25, 0.3) is 9.88 Å². The fraction of sp³-hybridized carbons (Fsp3) is 0.364. The fourth-order valence-corrected chi connectivity index (χ4v) is 5.49. The first-order valence-electron chi connectivity index (χ1n) is 10.2. The Hall–Kier alpha value is -2.26. The summed E-state index contributed by atoms with van der Waals surface area (Å²) >= 11 is 3.08. The molecule has 1 aromatic carbocycles. The van der Waals surface area contributed by atoms with Crippen molar-refractivity contribution in [3.8, 4) is 9.88 Å². The van der Waals surface area contributed by atoms with E-state index in [0.717, 1.165) is 52.8 Å². The Morgan fingerprint density at radius 2 is 2.23 bits per heavy atom. The molecule has 1 fully saturated rings. The minimum absolute atomic E-state index is 0.0302. The van der Waals surface area contributed by atoms with Crippen LogP contribution >= 0.6 is 22.7 Å². The van der Waals surface area contributed by atoms with E-state index >= 15 is 0 Å². The van der Waals surface area contributed by atoms with Gasteiger partial charge in [0.05, 0.1) is 22.9 Å². The smallest absolute Gasteiger partial charge is 0.275 e. The maximum Gasteiger partial charge on any atom is 0.275 e. The summed E-state index contributed by atoms with van der Waals surface area (Å²) in [5.74, 6) is 0.333. The number of benzene rings is 1. The molecule has 3 aromatic rings. The Balaban J connectivity index is 1.55. The Morgan fingerprint density at radius 3 is 3.00 bits per heavy atom. The molecule has 0 radical (unpaired) electrons. The third-order valence-electron chi connectivity index (χ3n) is 5.40. The SMILES string of the molecule is NCCC1CCCN(c2cc(CO)ccc2NC(=O)c2csc(-c3cccs3)n2)C1. The molecular weight excluding hydrogens is 416 g/mol. The number of nitrogens with two attached hydrogens (primary N) is 1. The van der Waals surface area contributed by atoms with Crippen LogP contribution in [0.15, 0.2) is 41.1 Å². The topological polar surface area (TPSA) is 91.5 Å². The zero-order chi connectivity index (χ0) is 20.9. The van der Waals surface area contributed by atoms with Gasteiger partial charge in [-0.25, -0.2) is 4.98 Å². The number of amides is 1. The van der Waals surface area contributed by atoms with E-state index in [2.05, 4.69) is 15.2 Å². The number of aliphatic hydroxyl groups is 1. The number of carbonyl (C=O) groups excluding carboxylic acids is 1. The highest BCUT2D eigenvalue weighted by Gasteiger charge is 2.23. The molecule has 1 saturated heterocycles. The molecular formula is C22H26N4O2S2. The molecule has 1 amide bonds. The lowest BCUT2D eigenvalue weighted by Crippen LogP contribution is -2.36. The Labute approximate surface area is 184 Å². The number of hydrogen-bond donors (Lipinski definition) is 3. The van der Waals surface area contributed by atoms with Crippen LogP contribution in [-0.2, 0) is 6.61 Å². The van der Waals surface area contributed by atoms with Gasteiger partial charge in [-0.15, -0.1) is 22.7 Å². The molecule has 0 saturated carbocycles. The summed E-state index contributed by atoms with van der Waals surface area (Å²) in [6.45, 7) is 2.50. The number of thiazole rings is 1. The van der Waals surface area contributed by atoms with Crippen LogP contribution in [0.2, 0.25) is 0 Å². The molecule has 30 heavy (non-hydrogen) atoms. The highest BCUT2D eigenvalue weighted by Crippen LogP contribution is 2.33. The second-order valence-electron chi connectivity index (χ2n) is 7.51. The molecule has 2 aromatic heterocycles. The van der Waals surface area contributed by atoms with Crippen molar-refractivity contribution < 1.29 is 9.90 Å². The number of rotatable bonds is 7. The summed E-state index contributed by atoms with van der Waals surface area (Å²) in [6, 6.07) is 9.67. The van der Waals surface area contributed by atoms with Gasteiger partial charge in [0.25, 0.3) is 5.91 Å². The summed E-state index contributed by atoms with van der Waals surface area (Å²) in [6.07, 6.45) is 3.28. The van der Waals surface area contributed by atoms with Gasteiger partial charge in [0.2, 0.25) is 0 Å². The van der Waals surface area contributed by atoms with Gasteiger partial charge in [0.15, 0.2) is 0 Å². The minimum Gasteiger partial charge on any atom is -0.392 e. The van der Waals surface area contributed by atoms with Crippen LogP contribution in [0.5, 0.6) is 0 Å². The second kappa shape index (κ2) is 9.70. The van der Waals surface area contributed by atoms with Gasteiger partial charge in [-0.3, -0.25) is 4.79 Å². The molecule has 1 atom stereocenters. The van der Waals surface area contributed by atoms with Crippen LogP contribution in [0, 0.1) is 5.92 Å². The van der Waals surface area contributed by atoms with E-state index in [0.29, 0.717) is 18.2 Å². The molecule has 1 unspecified atom stereocenters. The van der Waals surface area contributed by atoms with E-state index in [4.69, 9.17) is 5.73 Å². The third-order valence-corrected chi connectivity index (χ3v) is 7.28. The summed E-state index contributed by atoms with van der Waals surface area (Å²) < 4.78 is 0. The van der Waals surface area contributed by atoms with Gasteiger partial charge in [-0.2, -0.15) is 0 Å². The van der Waals surface area contributed by atoms with E-state index in [9.17, 15) is 9.90 Å². The van der Waals surface area contributed by atoms with Gasteiger partial charge in [0.1, 0.15) is 10.7 Å². The molecule has 6 nitrogen and oxygen atoms in total. The first kappa shape index (κ1) is 21.0. The number of carbonyl (C=O) groups is 1. The maximum atomic E-state index is 12.9. The highest BCUT2D eigenvalue weighted by atomic mass is 32.1. The maximum absolute atomic E-state index is 12.9. The van der Waals surface area contributed by atoms with Crippen molar-refractivity contribution in [2.24, 2.45) is 11.7 Å². The molecule has 3 heterocycles. The van der Waals surface area contributed by atoms with Gasteiger partial charge < -0.3 is 21.1 Å². The molecule has 4 rings (SSSR count). The molecule has 0 bridgehead atoms. The van der Waals surface area contributed by atoms with Crippen molar-refractivity contribution in [2.45, 2.75) is 25.9 Å². The third kappa shape index (κ3) is 4.73. The predicted octanol–water partition coefficient (Wildman–Crippen LogP) is 4.18. The molecule has 4 N–H and O–H groups in total. The number of piperidine rings is 1. The van der Waals surface area contributed by atoms with E-state index in [-0.39, 0.29) is 12.5 Å². The molecule has 8 heteroatoms. The number of nitrogens with one attached hydrogen (secondary N) is 1. The van der Waals surface area contributed by atoms with Crippen molar-refractivity contribution in [1.82, 2.24) is 4.98 Å². The van der Waals surface area contributed by atoms with Crippen molar-refractivity contribution >= 4 is 40.0 Å². The number of aromatic nitrogens is 1. The number of hydrogen-bond acceptors (Lipinski definition) is 7. The van der Waals surface area contributed by atoms with E-state index in [1.165, 1.54) is 17.8 Å². The lowest BCUT2D eigenvalue weighted by molar-refractivity contribution is 0.102. The van der Waals surface area contributed by atoms with Gasteiger partial charge in [-0.05, 0) is 60.9 Å². The minimum atomic E-state index is -0.220. The molecule has 0 aliphatic carbocycles. The quantitative estimate of drug-likeness (QED) is 0.511. The zero-order valence-electron chi connectivity index (χ0n) is 16.7. The van der Waals surface area contributed by atoms with Crippen LogP contribution in [0.1, 0.15) is 35.3 Å². The van der Waals surface area contributed by atoms with E-state index in [1.54, 1.807) is 16.7 Å². The first-order valence-corrected chi connectivity index (χ1v) is 11.9. The molecule has 1 aliphatic rings. The van der Waals surface area contributed by atoms with E-state index in [1.807, 2.05) is 35.7 Å². The van der Waals surface area contributed by atoms with Crippen molar-refractivity contribution in [3.63, 3.8) is 0 Å².